The molecule has 2 aliphatic heterocycles. The van der Waals surface area contributed by atoms with Crippen LogP contribution in [0.15, 0.2) is 45.9 Å². The summed E-state index contributed by atoms with van der Waals surface area (Å²) < 4.78 is 32.4. The van der Waals surface area contributed by atoms with Crippen LogP contribution in [0.3, 0.4) is 0 Å². The van der Waals surface area contributed by atoms with Crippen molar-refractivity contribution in [2.75, 3.05) is 43.0 Å². The normalized spacial score (nSPS) is 18.9. The Morgan fingerprint density at radius 1 is 1.00 bits per heavy atom. The van der Waals surface area contributed by atoms with Gasteiger partial charge in [-0.25, -0.2) is 8.42 Å². The van der Waals surface area contributed by atoms with Crippen molar-refractivity contribution in [2.24, 2.45) is 0 Å². The third kappa shape index (κ3) is 4.91. The van der Waals surface area contributed by atoms with Crippen molar-refractivity contribution < 1.29 is 17.6 Å². The number of para-hydroxylation sites is 1. The topological polar surface area (TPSA) is 82.9 Å². The molecule has 4 rings (SSSR count). The molecule has 1 amide bonds. The van der Waals surface area contributed by atoms with Gasteiger partial charge in [0.25, 0.3) is 15.9 Å². The number of sulfonamides is 1. The van der Waals surface area contributed by atoms with E-state index in [1.807, 2.05) is 36.0 Å². The van der Waals surface area contributed by atoms with Gasteiger partial charge in [0, 0.05) is 49.9 Å². The summed E-state index contributed by atoms with van der Waals surface area (Å²) in [5.41, 5.74) is 1.75. The summed E-state index contributed by atoms with van der Waals surface area (Å²) in [5.74, 6) is 1.79. The van der Waals surface area contributed by atoms with E-state index < -0.39 is 15.9 Å². The summed E-state index contributed by atoms with van der Waals surface area (Å²) >= 11 is 1.96. The number of anilines is 1. The van der Waals surface area contributed by atoms with E-state index in [1.54, 1.807) is 0 Å². The van der Waals surface area contributed by atoms with E-state index in [2.05, 4.69) is 10.2 Å². The molecule has 3 heterocycles. The van der Waals surface area contributed by atoms with Crippen LogP contribution in [-0.2, 0) is 16.6 Å². The molecule has 0 atom stereocenters. The fraction of sp³-hybridized carbons (Fsp3) is 0.476. The Labute approximate surface area is 181 Å². The first-order chi connectivity index (χ1) is 14.5. The maximum absolute atomic E-state index is 12.8. The molecule has 30 heavy (non-hydrogen) atoms. The number of carbonyl (C=O) groups excluding carboxylic acids is 1. The first kappa shape index (κ1) is 21.4. The number of furan rings is 1. The molecule has 2 saturated heterocycles. The first-order valence-electron chi connectivity index (χ1n) is 10.3. The number of hydrogen-bond donors (Lipinski definition) is 1. The van der Waals surface area contributed by atoms with Gasteiger partial charge >= 0.3 is 0 Å². The first-order valence-corrected chi connectivity index (χ1v) is 12.9. The Kier molecular flexibility index (Phi) is 6.82. The number of amides is 1. The molecule has 0 aliphatic carbocycles. The number of rotatable bonds is 6. The summed E-state index contributed by atoms with van der Waals surface area (Å²) in [6.07, 6.45) is 2.73. The van der Waals surface area contributed by atoms with Gasteiger partial charge in [0.05, 0.1) is 0 Å². The Morgan fingerprint density at radius 2 is 1.73 bits per heavy atom. The highest BCUT2D eigenvalue weighted by atomic mass is 32.2. The number of benzene rings is 1. The summed E-state index contributed by atoms with van der Waals surface area (Å²) in [6.45, 7) is 3.81. The molecule has 1 aromatic carbocycles. The van der Waals surface area contributed by atoms with Crippen molar-refractivity contribution in [3.05, 3.63) is 47.7 Å². The lowest BCUT2D eigenvalue weighted by Gasteiger charge is -2.27. The molecule has 0 unspecified atom stereocenters. The molecule has 0 saturated carbocycles. The second-order valence-corrected chi connectivity index (χ2v) is 10.7. The third-order valence-electron chi connectivity index (χ3n) is 5.48. The lowest BCUT2D eigenvalue weighted by molar-refractivity contribution is 0.0991. The predicted molar refractivity (Wildman–Crippen MR) is 118 cm³/mol. The summed E-state index contributed by atoms with van der Waals surface area (Å²) in [5, 5.41) is 2.72. The van der Waals surface area contributed by atoms with Gasteiger partial charge in [-0.2, -0.15) is 16.1 Å². The van der Waals surface area contributed by atoms with Gasteiger partial charge in [0.15, 0.2) is 5.76 Å². The fourth-order valence-corrected chi connectivity index (χ4v) is 6.18. The van der Waals surface area contributed by atoms with Gasteiger partial charge in [-0.3, -0.25) is 9.69 Å². The molecule has 2 aromatic rings. The van der Waals surface area contributed by atoms with Gasteiger partial charge < -0.3 is 9.73 Å². The van der Waals surface area contributed by atoms with Crippen LogP contribution in [0.4, 0.5) is 5.69 Å². The van der Waals surface area contributed by atoms with E-state index in [0.717, 1.165) is 61.7 Å². The smallest absolute Gasteiger partial charge is 0.291 e. The van der Waals surface area contributed by atoms with Gasteiger partial charge in [0.1, 0.15) is 0 Å². The largest absolute Gasteiger partial charge is 0.438 e. The molecule has 0 spiro atoms. The average Bonchev–Trinajstić information content (AvgIpc) is 3.28. The number of hydrogen-bond acceptors (Lipinski definition) is 6. The maximum Gasteiger partial charge on any atom is 0.291 e. The minimum atomic E-state index is -3.70. The van der Waals surface area contributed by atoms with E-state index in [9.17, 15) is 13.2 Å². The highest BCUT2D eigenvalue weighted by molar-refractivity contribution is 7.99. The van der Waals surface area contributed by atoms with Crippen LogP contribution in [0.2, 0.25) is 0 Å². The molecule has 9 heteroatoms. The molecule has 0 bridgehead atoms. The maximum atomic E-state index is 12.8. The van der Waals surface area contributed by atoms with Crippen molar-refractivity contribution in [3.63, 3.8) is 0 Å². The Balaban J connectivity index is 1.46. The van der Waals surface area contributed by atoms with Crippen molar-refractivity contribution in [2.45, 2.75) is 30.9 Å². The van der Waals surface area contributed by atoms with Crippen molar-refractivity contribution in [3.8, 4) is 0 Å². The second kappa shape index (κ2) is 9.55. The zero-order chi connectivity index (χ0) is 21.0. The van der Waals surface area contributed by atoms with Crippen molar-refractivity contribution in [1.82, 2.24) is 9.21 Å². The lowest BCUT2D eigenvalue weighted by atomic mass is 10.1. The zero-order valence-corrected chi connectivity index (χ0v) is 18.5. The van der Waals surface area contributed by atoms with Crippen LogP contribution in [0, 0.1) is 0 Å². The molecule has 1 aromatic heterocycles. The van der Waals surface area contributed by atoms with E-state index >= 15 is 0 Å². The van der Waals surface area contributed by atoms with Gasteiger partial charge in [-0.15, -0.1) is 0 Å². The summed E-state index contributed by atoms with van der Waals surface area (Å²) in [6, 6.07) is 10.5. The molecule has 162 valence electrons. The number of carbonyl (C=O) groups is 1. The standard InChI is InChI=1S/C21H27N3O4S2/c25-21(19-8-9-20(28-19)30(26,27)24-10-4-1-5-11-24)22-18-7-3-2-6-17(18)16-23-12-14-29-15-13-23/h2-3,6-9H,1,4-5,10-16H2,(H,22,25). The highest BCUT2D eigenvalue weighted by Crippen LogP contribution is 2.24. The van der Waals surface area contributed by atoms with Crippen LogP contribution in [0.1, 0.15) is 35.4 Å². The van der Waals surface area contributed by atoms with Crippen LogP contribution >= 0.6 is 11.8 Å². The Morgan fingerprint density at radius 3 is 2.50 bits per heavy atom. The van der Waals surface area contributed by atoms with Gasteiger partial charge in [0.2, 0.25) is 5.09 Å². The minimum absolute atomic E-state index is 0.00485. The quantitative estimate of drug-likeness (QED) is 0.729. The number of thioether (sulfide) groups is 1. The van der Waals surface area contributed by atoms with Crippen molar-refractivity contribution in [1.29, 1.82) is 0 Å². The van der Waals surface area contributed by atoms with E-state index in [4.69, 9.17) is 4.42 Å². The molecule has 7 nitrogen and oxygen atoms in total. The lowest BCUT2D eigenvalue weighted by Crippen LogP contribution is -2.35. The number of nitrogens with zero attached hydrogens (tertiary/aromatic N) is 2. The Bertz CT molecular complexity index is 978. The van der Waals surface area contributed by atoms with Crippen LogP contribution < -0.4 is 5.32 Å². The summed E-state index contributed by atoms with van der Waals surface area (Å²) in [4.78, 5) is 15.1. The molecule has 2 fully saturated rings. The van der Waals surface area contributed by atoms with Gasteiger partial charge in [-0.05, 0) is 36.6 Å². The highest BCUT2D eigenvalue weighted by Gasteiger charge is 2.29. The van der Waals surface area contributed by atoms with Crippen molar-refractivity contribution >= 4 is 33.4 Å². The van der Waals surface area contributed by atoms with E-state index in [1.165, 1.54) is 16.4 Å². The number of nitrogens with one attached hydrogen (secondary N) is 1. The molecule has 1 N–H and O–H groups in total. The van der Waals surface area contributed by atoms with E-state index in [-0.39, 0.29) is 10.9 Å². The van der Waals surface area contributed by atoms with E-state index in [0.29, 0.717) is 13.1 Å². The average molecular weight is 450 g/mol. The molecule has 0 radical (unpaired) electrons. The van der Waals surface area contributed by atoms with Crippen LogP contribution in [0.25, 0.3) is 0 Å². The summed E-state index contributed by atoms with van der Waals surface area (Å²) in [7, 11) is -3.70. The second-order valence-electron chi connectivity index (χ2n) is 7.58. The third-order valence-corrected chi connectivity index (χ3v) is 8.19. The molecule has 2 aliphatic rings. The van der Waals surface area contributed by atoms with Crippen LogP contribution in [-0.4, -0.2) is 61.2 Å². The minimum Gasteiger partial charge on any atom is -0.438 e. The fourth-order valence-electron chi connectivity index (χ4n) is 3.78. The van der Waals surface area contributed by atoms with Crippen LogP contribution in [0.5, 0.6) is 0 Å². The predicted octanol–water partition coefficient (Wildman–Crippen LogP) is 3.26. The SMILES string of the molecule is O=C(Nc1ccccc1CN1CCSCC1)c1ccc(S(=O)(=O)N2CCCCC2)o1. The van der Waals surface area contributed by atoms with Gasteiger partial charge in [-0.1, -0.05) is 24.6 Å². The zero-order valence-electron chi connectivity index (χ0n) is 16.9. The number of piperidine rings is 1. The molecular weight excluding hydrogens is 422 g/mol. The molecular formula is C21H27N3O4S2. The Hall–Kier alpha value is -1.81. The monoisotopic (exact) mass is 449 g/mol.